The van der Waals surface area contributed by atoms with Gasteiger partial charge in [-0.2, -0.15) is 5.10 Å². The molecule has 0 aliphatic carbocycles. The second-order valence-electron chi connectivity index (χ2n) is 4.81. The van der Waals surface area contributed by atoms with E-state index in [1.165, 1.54) is 12.8 Å². The van der Waals surface area contributed by atoms with Gasteiger partial charge < -0.3 is 4.74 Å². The second kappa shape index (κ2) is 5.38. The van der Waals surface area contributed by atoms with Gasteiger partial charge in [0.2, 0.25) is 0 Å². The number of hydrogen-bond acceptors (Lipinski definition) is 3. The zero-order valence-corrected chi connectivity index (χ0v) is 11.5. The van der Waals surface area contributed by atoms with Crippen molar-refractivity contribution in [3.05, 3.63) is 16.4 Å². The number of ether oxygens (including phenoxy) is 1. The van der Waals surface area contributed by atoms with E-state index in [1.807, 2.05) is 14.0 Å². The van der Waals surface area contributed by atoms with E-state index in [-0.39, 0.29) is 0 Å². The third-order valence-electron chi connectivity index (χ3n) is 3.24. The summed E-state index contributed by atoms with van der Waals surface area (Å²) < 4.78 is 7.36. The molecule has 1 aliphatic rings. The lowest BCUT2D eigenvalue weighted by Crippen LogP contribution is -2.28. The summed E-state index contributed by atoms with van der Waals surface area (Å²) in [5.74, 6) is 0. The molecule has 96 valence electrons. The molecule has 4 nitrogen and oxygen atoms in total. The Bertz CT molecular complexity index is 385. The van der Waals surface area contributed by atoms with Crippen LogP contribution in [-0.2, 0) is 18.3 Å². The molecular weight excluding hydrogens is 238 g/mol. The predicted molar refractivity (Wildman–Crippen MR) is 68.3 cm³/mol. The third-order valence-corrected chi connectivity index (χ3v) is 3.71. The van der Waals surface area contributed by atoms with Gasteiger partial charge in [-0.25, -0.2) is 0 Å². The molecule has 0 spiro atoms. The molecule has 0 saturated carbocycles. The lowest BCUT2D eigenvalue weighted by molar-refractivity contribution is 0.0793. The van der Waals surface area contributed by atoms with Crippen LogP contribution in [0.15, 0.2) is 0 Å². The Morgan fingerprint density at radius 3 is 2.88 bits per heavy atom. The SMILES string of the molecule is Cc1nn(C)c(Cl)c1CN(C)CC1CCCO1. The van der Waals surface area contributed by atoms with Crippen molar-refractivity contribution >= 4 is 11.6 Å². The van der Waals surface area contributed by atoms with E-state index in [9.17, 15) is 0 Å². The number of hydrogen-bond donors (Lipinski definition) is 0. The van der Waals surface area contributed by atoms with Gasteiger partial charge in [-0.1, -0.05) is 11.6 Å². The van der Waals surface area contributed by atoms with Crippen LogP contribution in [0.4, 0.5) is 0 Å². The minimum Gasteiger partial charge on any atom is -0.377 e. The van der Waals surface area contributed by atoms with Crippen molar-refractivity contribution in [3.63, 3.8) is 0 Å². The molecule has 1 aromatic heterocycles. The minimum atomic E-state index is 0.385. The van der Waals surface area contributed by atoms with Gasteiger partial charge in [0.1, 0.15) is 5.15 Å². The Labute approximate surface area is 107 Å². The summed E-state index contributed by atoms with van der Waals surface area (Å²) in [6.07, 6.45) is 2.74. The molecule has 1 aliphatic heterocycles. The summed E-state index contributed by atoms with van der Waals surface area (Å²) in [7, 11) is 3.98. The summed E-state index contributed by atoms with van der Waals surface area (Å²) in [6, 6.07) is 0. The van der Waals surface area contributed by atoms with E-state index >= 15 is 0 Å². The zero-order chi connectivity index (χ0) is 12.4. The Balaban J connectivity index is 1.95. The number of rotatable bonds is 4. The van der Waals surface area contributed by atoms with E-state index in [0.717, 1.165) is 36.1 Å². The fourth-order valence-corrected chi connectivity index (χ4v) is 2.56. The predicted octanol–water partition coefficient (Wildman–Crippen LogP) is 1.99. The highest BCUT2D eigenvalue weighted by Gasteiger charge is 2.19. The quantitative estimate of drug-likeness (QED) is 0.827. The van der Waals surface area contributed by atoms with Crippen LogP contribution in [0.3, 0.4) is 0 Å². The van der Waals surface area contributed by atoms with Gasteiger partial charge in [0.05, 0.1) is 11.8 Å². The van der Waals surface area contributed by atoms with E-state index in [0.29, 0.717) is 6.10 Å². The lowest BCUT2D eigenvalue weighted by Gasteiger charge is -2.20. The van der Waals surface area contributed by atoms with Crippen LogP contribution < -0.4 is 0 Å². The molecule has 2 heterocycles. The highest BCUT2D eigenvalue weighted by atomic mass is 35.5. The van der Waals surface area contributed by atoms with Crippen molar-refractivity contribution in [2.75, 3.05) is 20.2 Å². The standard InChI is InChI=1S/C12H20ClN3O/c1-9-11(12(13)16(3)14-9)8-15(2)7-10-5-4-6-17-10/h10H,4-8H2,1-3H3. The largest absolute Gasteiger partial charge is 0.377 e. The third kappa shape index (κ3) is 3.00. The van der Waals surface area contributed by atoms with Gasteiger partial charge in [0, 0.05) is 32.3 Å². The summed E-state index contributed by atoms with van der Waals surface area (Å²) >= 11 is 6.22. The Hall–Kier alpha value is -0.580. The average molecular weight is 258 g/mol. The molecule has 1 aromatic rings. The molecule has 5 heteroatoms. The summed E-state index contributed by atoms with van der Waals surface area (Å²) in [4.78, 5) is 2.26. The first kappa shape index (κ1) is 12.9. The first-order valence-corrected chi connectivity index (χ1v) is 6.44. The van der Waals surface area contributed by atoms with Gasteiger partial charge in [0.15, 0.2) is 0 Å². The minimum absolute atomic E-state index is 0.385. The summed E-state index contributed by atoms with van der Waals surface area (Å²) in [6.45, 7) is 4.70. The van der Waals surface area contributed by atoms with Gasteiger partial charge in [-0.15, -0.1) is 0 Å². The van der Waals surface area contributed by atoms with Crippen LogP contribution >= 0.6 is 11.6 Å². The summed E-state index contributed by atoms with van der Waals surface area (Å²) in [5.41, 5.74) is 2.13. The molecule has 2 rings (SSSR count). The molecule has 1 atom stereocenters. The van der Waals surface area contributed by atoms with E-state index in [2.05, 4.69) is 17.0 Å². The van der Waals surface area contributed by atoms with Gasteiger partial charge in [0.25, 0.3) is 0 Å². The number of halogens is 1. The lowest BCUT2D eigenvalue weighted by atomic mass is 10.2. The maximum Gasteiger partial charge on any atom is 0.131 e. The van der Waals surface area contributed by atoms with Crippen LogP contribution in [0.1, 0.15) is 24.1 Å². The first-order valence-electron chi connectivity index (χ1n) is 6.06. The molecule has 0 radical (unpaired) electrons. The molecule has 1 fully saturated rings. The van der Waals surface area contributed by atoms with Crippen LogP contribution in [0, 0.1) is 6.92 Å². The second-order valence-corrected chi connectivity index (χ2v) is 5.17. The average Bonchev–Trinajstić information content (AvgIpc) is 2.83. The fourth-order valence-electron chi connectivity index (χ4n) is 2.32. The van der Waals surface area contributed by atoms with E-state index in [4.69, 9.17) is 16.3 Å². The Kier molecular flexibility index (Phi) is 4.07. The van der Waals surface area contributed by atoms with Crippen molar-refractivity contribution in [1.29, 1.82) is 0 Å². The smallest absolute Gasteiger partial charge is 0.131 e. The molecular formula is C12H20ClN3O. The molecule has 0 bridgehead atoms. The van der Waals surface area contributed by atoms with Crippen molar-refractivity contribution < 1.29 is 4.74 Å². The Morgan fingerprint density at radius 1 is 1.59 bits per heavy atom. The van der Waals surface area contributed by atoms with Crippen LogP contribution in [-0.4, -0.2) is 41.0 Å². The molecule has 0 N–H and O–H groups in total. The first-order chi connectivity index (χ1) is 8.08. The van der Waals surface area contributed by atoms with Crippen LogP contribution in [0.5, 0.6) is 0 Å². The number of nitrogens with zero attached hydrogens (tertiary/aromatic N) is 3. The van der Waals surface area contributed by atoms with Crippen molar-refractivity contribution in [2.24, 2.45) is 7.05 Å². The highest BCUT2D eigenvalue weighted by Crippen LogP contribution is 2.21. The van der Waals surface area contributed by atoms with Crippen molar-refractivity contribution in [1.82, 2.24) is 14.7 Å². The number of aromatic nitrogens is 2. The van der Waals surface area contributed by atoms with Crippen LogP contribution in [0.2, 0.25) is 5.15 Å². The maximum absolute atomic E-state index is 6.22. The summed E-state index contributed by atoms with van der Waals surface area (Å²) in [5, 5.41) is 5.06. The topological polar surface area (TPSA) is 30.3 Å². The molecule has 1 unspecified atom stereocenters. The highest BCUT2D eigenvalue weighted by molar-refractivity contribution is 6.30. The normalized spacial score (nSPS) is 20.4. The molecule has 0 amide bonds. The number of aryl methyl sites for hydroxylation is 2. The van der Waals surface area contributed by atoms with E-state index < -0.39 is 0 Å². The van der Waals surface area contributed by atoms with Crippen LogP contribution in [0.25, 0.3) is 0 Å². The van der Waals surface area contributed by atoms with Crippen molar-refractivity contribution in [2.45, 2.75) is 32.4 Å². The molecule has 17 heavy (non-hydrogen) atoms. The van der Waals surface area contributed by atoms with Crippen molar-refractivity contribution in [3.8, 4) is 0 Å². The fraction of sp³-hybridized carbons (Fsp3) is 0.750. The maximum atomic E-state index is 6.22. The van der Waals surface area contributed by atoms with Gasteiger partial charge in [-0.05, 0) is 26.8 Å². The number of likely N-dealkylation sites (N-methyl/N-ethyl adjacent to an activating group) is 1. The Morgan fingerprint density at radius 2 is 2.35 bits per heavy atom. The van der Waals surface area contributed by atoms with E-state index in [1.54, 1.807) is 4.68 Å². The zero-order valence-electron chi connectivity index (χ0n) is 10.7. The van der Waals surface area contributed by atoms with Gasteiger partial charge >= 0.3 is 0 Å². The molecule has 1 saturated heterocycles. The monoisotopic (exact) mass is 257 g/mol. The van der Waals surface area contributed by atoms with Gasteiger partial charge in [-0.3, -0.25) is 9.58 Å². The molecule has 0 aromatic carbocycles.